The van der Waals surface area contributed by atoms with Crippen LogP contribution in [-0.2, 0) is 9.53 Å². The van der Waals surface area contributed by atoms with Crippen LogP contribution in [0.3, 0.4) is 0 Å². The fraction of sp³-hybridized carbons (Fsp3) is 0.769. The monoisotopic (exact) mass is 226 g/mol. The Morgan fingerprint density at radius 3 is 2.31 bits per heavy atom. The van der Waals surface area contributed by atoms with E-state index in [1.165, 1.54) is 26.4 Å². The highest BCUT2D eigenvalue weighted by Crippen LogP contribution is 2.08. The predicted molar refractivity (Wildman–Crippen MR) is 63.8 cm³/mol. The van der Waals surface area contributed by atoms with Crippen LogP contribution in [0, 0.1) is 11.8 Å². The van der Waals surface area contributed by atoms with Crippen molar-refractivity contribution < 1.29 is 14.6 Å². The molecule has 0 aliphatic rings. The number of rotatable bonds is 8. The van der Waals surface area contributed by atoms with E-state index >= 15 is 0 Å². The number of carbonyl (C=O) groups excluding carboxylic acids is 1. The van der Waals surface area contributed by atoms with Crippen molar-refractivity contribution in [2.75, 3.05) is 13.7 Å². The van der Waals surface area contributed by atoms with Crippen LogP contribution in [0.5, 0.6) is 0 Å². The summed E-state index contributed by atoms with van der Waals surface area (Å²) >= 11 is 0. The van der Waals surface area contributed by atoms with Crippen LogP contribution in [-0.4, -0.2) is 24.8 Å². The molecular weight excluding hydrogens is 204 g/mol. The maximum absolute atomic E-state index is 10.8. The first-order valence-corrected chi connectivity index (χ1v) is 5.94. The Morgan fingerprint density at radius 2 is 1.69 bits per heavy atom. The molecule has 3 heteroatoms. The van der Waals surface area contributed by atoms with E-state index in [0.29, 0.717) is 6.42 Å². The van der Waals surface area contributed by atoms with Crippen molar-refractivity contribution in [2.24, 2.45) is 0 Å². The molecule has 3 nitrogen and oxygen atoms in total. The fourth-order valence-electron chi connectivity index (χ4n) is 1.44. The number of unbranched alkanes of at least 4 members (excludes halogenated alkanes) is 6. The summed E-state index contributed by atoms with van der Waals surface area (Å²) in [4.78, 5) is 10.8. The van der Waals surface area contributed by atoms with E-state index in [4.69, 9.17) is 5.11 Å². The Morgan fingerprint density at radius 1 is 1.06 bits per heavy atom. The van der Waals surface area contributed by atoms with Gasteiger partial charge in [-0.25, -0.2) is 0 Å². The Kier molecular flexibility index (Phi) is 11.3. The molecule has 0 aliphatic heterocycles. The van der Waals surface area contributed by atoms with Crippen LogP contribution in [0.25, 0.3) is 0 Å². The minimum absolute atomic E-state index is 0.0342. The number of carbonyl (C=O) groups is 1. The minimum atomic E-state index is -0.112. The SMILES string of the molecule is COC(=O)CCCCCCCCC#CCO. The van der Waals surface area contributed by atoms with Gasteiger partial charge >= 0.3 is 5.97 Å². The van der Waals surface area contributed by atoms with Crippen molar-refractivity contribution in [1.29, 1.82) is 0 Å². The lowest BCUT2D eigenvalue weighted by molar-refractivity contribution is -0.140. The molecule has 0 atom stereocenters. The van der Waals surface area contributed by atoms with Crippen molar-refractivity contribution in [3.05, 3.63) is 0 Å². The number of hydrogen-bond acceptors (Lipinski definition) is 3. The fourth-order valence-corrected chi connectivity index (χ4v) is 1.44. The molecule has 16 heavy (non-hydrogen) atoms. The normalized spacial score (nSPS) is 9.38. The third-order valence-electron chi connectivity index (χ3n) is 2.36. The van der Waals surface area contributed by atoms with Crippen molar-refractivity contribution in [2.45, 2.75) is 51.4 Å². The molecule has 0 rings (SSSR count). The summed E-state index contributed by atoms with van der Waals surface area (Å²) in [5.74, 6) is 5.42. The summed E-state index contributed by atoms with van der Waals surface area (Å²) in [5, 5.41) is 8.42. The lowest BCUT2D eigenvalue weighted by Gasteiger charge is -2.00. The standard InChI is InChI=1S/C13H22O3/c1-16-13(15)11-9-7-5-3-2-4-6-8-10-12-14/h14H,2-7,9,11-12H2,1H3. The van der Waals surface area contributed by atoms with Crippen molar-refractivity contribution >= 4 is 5.97 Å². The number of aliphatic hydroxyl groups is 1. The van der Waals surface area contributed by atoms with Crippen molar-refractivity contribution in [1.82, 2.24) is 0 Å². The van der Waals surface area contributed by atoms with Crippen molar-refractivity contribution in [3.63, 3.8) is 0 Å². The maximum Gasteiger partial charge on any atom is 0.305 e. The van der Waals surface area contributed by atoms with E-state index < -0.39 is 0 Å². The second kappa shape index (κ2) is 12.1. The summed E-state index contributed by atoms with van der Waals surface area (Å²) in [6.45, 7) is -0.0342. The number of aliphatic hydroxyl groups excluding tert-OH is 1. The molecule has 0 aromatic rings. The molecule has 0 saturated heterocycles. The molecule has 0 bridgehead atoms. The third kappa shape index (κ3) is 11.1. The summed E-state index contributed by atoms with van der Waals surface area (Å²) < 4.78 is 4.56. The molecule has 0 spiro atoms. The highest BCUT2D eigenvalue weighted by atomic mass is 16.5. The van der Waals surface area contributed by atoms with E-state index in [1.54, 1.807) is 0 Å². The molecule has 0 fully saturated rings. The molecule has 0 aromatic heterocycles. The molecular formula is C13H22O3. The Hall–Kier alpha value is -1.01. The van der Waals surface area contributed by atoms with Crippen LogP contribution in [0.15, 0.2) is 0 Å². The molecule has 0 saturated carbocycles. The molecule has 1 N–H and O–H groups in total. The Bertz CT molecular complexity index is 225. The zero-order valence-corrected chi connectivity index (χ0v) is 10.1. The molecule has 0 radical (unpaired) electrons. The molecule has 0 aliphatic carbocycles. The average molecular weight is 226 g/mol. The first kappa shape index (κ1) is 15.0. The van der Waals surface area contributed by atoms with Gasteiger partial charge in [0.2, 0.25) is 0 Å². The topological polar surface area (TPSA) is 46.5 Å². The lowest BCUT2D eigenvalue weighted by atomic mass is 10.1. The molecule has 0 heterocycles. The van der Waals surface area contributed by atoms with Gasteiger partial charge in [-0.05, 0) is 12.8 Å². The third-order valence-corrected chi connectivity index (χ3v) is 2.36. The first-order chi connectivity index (χ1) is 7.81. The predicted octanol–water partition coefficient (Wildman–Crippen LogP) is 2.28. The van der Waals surface area contributed by atoms with Crippen LogP contribution in [0.4, 0.5) is 0 Å². The average Bonchev–Trinajstić information content (AvgIpc) is 2.31. The van der Waals surface area contributed by atoms with E-state index in [9.17, 15) is 4.79 Å². The van der Waals surface area contributed by atoms with E-state index in [1.807, 2.05) is 0 Å². The van der Waals surface area contributed by atoms with Gasteiger partial charge in [0, 0.05) is 12.8 Å². The minimum Gasteiger partial charge on any atom is -0.469 e. The van der Waals surface area contributed by atoms with Gasteiger partial charge < -0.3 is 9.84 Å². The number of methoxy groups -OCH3 is 1. The maximum atomic E-state index is 10.8. The molecule has 92 valence electrons. The zero-order valence-electron chi connectivity index (χ0n) is 10.1. The molecule has 0 aromatic carbocycles. The zero-order chi connectivity index (χ0) is 12.1. The van der Waals surface area contributed by atoms with Crippen LogP contribution in [0.2, 0.25) is 0 Å². The van der Waals surface area contributed by atoms with Gasteiger partial charge in [0.05, 0.1) is 7.11 Å². The Balaban J connectivity index is 3.07. The summed E-state index contributed by atoms with van der Waals surface area (Å²) in [6.07, 6.45) is 8.09. The van der Waals surface area contributed by atoms with Crippen LogP contribution < -0.4 is 0 Å². The number of ether oxygens (including phenoxy) is 1. The highest BCUT2D eigenvalue weighted by molar-refractivity contribution is 5.68. The molecule has 0 amide bonds. The van der Waals surface area contributed by atoms with Gasteiger partial charge in [0.1, 0.15) is 6.61 Å². The van der Waals surface area contributed by atoms with E-state index in [0.717, 1.165) is 25.7 Å². The van der Waals surface area contributed by atoms with E-state index in [-0.39, 0.29) is 12.6 Å². The van der Waals surface area contributed by atoms with Gasteiger partial charge in [0.25, 0.3) is 0 Å². The van der Waals surface area contributed by atoms with Gasteiger partial charge in [-0.1, -0.05) is 31.6 Å². The van der Waals surface area contributed by atoms with Gasteiger partial charge in [0.15, 0.2) is 0 Å². The Labute approximate surface area is 98.2 Å². The highest BCUT2D eigenvalue weighted by Gasteiger charge is 1.98. The number of esters is 1. The quantitative estimate of drug-likeness (QED) is 0.392. The van der Waals surface area contributed by atoms with Crippen molar-refractivity contribution in [3.8, 4) is 11.8 Å². The van der Waals surface area contributed by atoms with Gasteiger partial charge in [-0.3, -0.25) is 4.79 Å². The van der Waals surface area contributed by atoms with Crippen LogP contribution in [0.1, 0.15) is 51.4 Å². The second-order valence-electron chi connectivity index (χ2n) is 3.71. The smallest absolute Gasteiger partial charge is 0.305 e. The molecule has 0 unspecified atom stereocenters. The summed E-state index contributed by atoms with van der Waals surface area (Å²) in [7, 11) is 1.43. The van der Waals surface area contributed by atoms with Crippen LogP contribution >= 0.6 is 0 Å². The number of hydrogen-bond donors (Lipinski definition) is 1. The van der Waals surface area contributed by atoms with E-state index in [2.05, 4.69) is 16.6 Å². The van der Waals surface area contributed by atoms with Gasteiger partial charge in [-0.15, -0.1) is 5.92 Å². The van der Waals surface area contributed by atoms with Gasteiger partial charge in [-0.2, -0.15) is 0 Å². The summed E-state index contributed by atoms with van der Waals surface area (Å²) in [5.41, 5.74) is 0. The summed E-state index contributed by atoms with van der Waals surface area (Å²) in [6, 6.07) is 0. The largest absolute Gasteiger partial charge is 0.469 e. The lowest BCUT2D eigenvalue weighted by Crippen LogP contribution is -1.99. The first-order valence-electron chi connectivity index (χ1n) is 5.94. The second-order valence-corrected chi connectivity index (χ2v) is 3.71.